The van der Waals surface area contributed by atoms with E-state index in [0.717, 1.165) is 24.5 Å². The Balaban J connectivity index is 1.95. The Hall–Kier alpha value is -0.740. The van der Waals surface area contributed by atoms with Crippen LogP contribution in [0.15, 0.2) is 17.2 Å². The average molecular weight is 251 g/mol. The molecule has 4 heteroatoms. The first-order chi connectivity index (χ1) is 8.29. The highest BCUT2D eigenvalue weighted by atomic mass is 32.2. The maximum Gasteiger partial charge on any atom is 0.119 e. The van der Waals surface area contributed by atoms with E-state index in [1.807, 2.05) is 11.8 Å². The summed E-state index contributed by atoms with van der Waals surface area (Å²) in [5, 5.41) is 8.65. The molecular formula is C13H21N3S. The van der Waals surface area contributed by atoms with Gasteiger partial charge in [-0.1, -0.05) is 19.4 Å². The fourth-order valence-corrected chi connectivity index (χ4v) is 2.91. The molecule has 3 nitrogen and oxygen atoms in total. The Kier molecular flexibility index (Phi) is 4.68. The van der Waals surface area contributed by atoms with E-state index in [1.54, 1.807) is 0 Å². The summed E-state index contributed by atoms with van der Waals surface area (Å²) in [5.41, 5.74) is 2.57. The number of thioether (sulfide) groups is 1. The van der Waals surface area contributed by atoms with Gasteiger partial charge in [-0.25, -0.2) is 0 Å². The number of unbranched alkanes of at least 4 members (excludes halogenated alkanes) is 1. The number of rotatable bonds is 5. The normalized spacial score (nSPS) is 17.2. The largest absolute Gasteiger partial charge is 0.302 e. The Morgan fingerprint density at radius 1 is 1.53 bits per heavy atom. The molecule has 1 aliphatic heterocycles. The number of aromatic nitrogens is 2. The summed E-state index contributed by atoms with van der Waals surface area (Å²) < 4.78 is 0. The van der Waals surface area contributed by atoms with E-state index in [9.17, 15) is 0 Å². The molecule has 0 bridgehead atoms. The van der Waals surface area contributed by atoms with E-state index >= 15 is 0 Å². The zero-order valence-electron chi connectivity index (χ0n) is 10.7. The van der Waals surface area contributed by atoms with Crippen LogP contribution in [-0.4, -0.2) is 41.0 Å². The van der Waals surface area contributed by atoms with Gasteiger partial charge < -0.3 is 4.90 Å². The molecule has 0 fully saturated rings. The summed E-state index contributed by atoms with van der Waals surface area (Å²) in [5.74, 6) is 1.17. The van der Waals surface area contributed by atoms with Gasteiger partial charge in [0.05, 0.1) is 5.69 Å². The van der Waals surface area contributed by atoms with Gasteiger partial charge >= 0.3 is 0 Å². The van der Waals surface area contributed by atoms with Crippen LogP contribution >= 0.6 is 11.8 Å². The summed E-state index contributed by atoms with van der Waals surface area (Å²) in [4.78, 5) is 2.35. The fraction of sp³-hybridized carbons (Fsp3) is 0.615. The number of hydrogen-bond acceptors (Lipinski definition) is 3. The topological polar surface area (TPSA) is 31.9 Å². The molecule has 0 saturated heterocycles. The van der Waals surface area contributed by atoms with Gasteiger partial charge in [0.25, 0.3) is 0 Å². The van der Waals surface area contributed by atoms with E-state index in [4.69, 9.17) is 0 Å². The number of nitrogens with one attached hydrogen (secondary N) is 1. The molecule has 17 heavy (non-hydrogen) atoms. The Morgan fingerprint density at radius 3 is 3.18 bits per heavy atom. The van der Waals surface area contributed by atoms with Crippen molar-refractivity contribution in [1.29, 1.82) is 0 Å². The Morgan fingerprint density at radius 2 is 2.41 bits per heavy atom. The highest BCUT2D eigenvalue weighted by Gasteiger charge is 2.12. The van der Waals surface area contributed by atoms with E-state index in [1.165, 1.54) is 29.9 Å². The number of hydrogen-bond donors (Lipinski definition) is 1. The van der Waals surface area contributed by atoms with Gasteiger partial charge in [-0.3, -0.25) is 5.10 Å². The van der Waals surface area contributed by atoms with Gasteiger partial charge in [0.2, 0.25) is 0 Å². The smallest absolute Gasteiger partial charge is 0.119 e. The minimum atomic E-state index is 1.03. The van der Waals surface area contributed by atoms with Crippen molar-refractivity contribution in [2.45, 2.75) is 31.2 Å². The lowest BCUT2D eigenvalue weighted by Gasteiger charge is -2.21. The van der Waals surface area contributed by atoms with Crippen molar-refractivity contribution in [3.8, 4) is 0 Å². The van der Waals surface area contributed by atoms with Crippen LogP contribution in [0.3, 0.4) is 0 Å². The van der Waals surface area contributed by atoms with E-state index in [2.05, 4.69) is 41.2 Å². The first-order valence-electron chi connectivity index (χ1n) is 6.35. The molecule has 2 rings (SSSR count). The molecule has 2 heterocycles. The molecule has 1 aromatic heterocycles. The highest BCUT2D eigenvalue weighted by Crippen LogP contribution is 2.23. The quantitative estimate of drug-likeness (QED) is 0.645. The molecule has 94 valence electrons. The van der Waals surface area contributed by atoms with Crippen LogP contribution < -0.4 is 0 Å². The van der Waals surface area contributed by atoms with E-state index in [-0.39, 0.29) is 0 Å². The summed E-state index contributed by atoms with van der Waals surface area (Å²) in [7, 11) is 2.17. The molecule has 1 aromatic rings. The molecule has 0 amide bonds. The zero-order chi connectivity index (χ0) is 12.1. The molecule has 0 unspecified atom stereocenters. The van der Waals surface area contributed by atoms with Crippen molar-refractivity contribution in [2.24, 2.45) is 0 Å². The standard InChI is InChI=1S/C13H21N3S/c1-3-4-8-17-13-9-12(14-15-13)11-6-5-7-16(2)10-11/h6,9H,3-5,7-8,10H2,1-2H3,(H,14,15). The summed E-state index contributed by atoms with van der Waals surface area (Å²) in [6.07, 6.45) is 5.98. The van der Waals surface area contributed by atoms with Crippen LogP contribution in [0.1, 0.15) is 31.9 Å². The number of likely N-dealkylation sites (N-methyl/N-ethyl adjacent to an activating group) is 1. The lowest BCUT2D eigenvalue weighted by atomic mass is 10.1. The molecule has 0 saturated carbocycles. The highest BCUT2D eigenvalue weighted by molar-refractivity contribution is 7.99. The van der Waals surface area contributed by atoms with Crippen LogP contribution in [0.5, 0.6) is 0 Å². The molecule has 0 aromatic carbocycles. The van der Waals surface area contributed by atoms with Gasteiger partial charge in [0.1, 0.15) is 5.03 Å². The fourth-order valence-electron chi connectivity index (χ4n) is 1.95. The van der Waals surface area contributed by atoms with Crippen LogP contribution in [-0.2, 0) is 0 Å². The first kappa shape index (κ1) is 12.7. The van der Waals surface area contributed by atoms with Crippen LogP contribution in [0.25, 0.3) is 5.57 Å². The van der Waals surface area contributed by atoms with Crippen LogP contribution in [0, 0.1) is 0 Å². The Bertz CT molecular complexity index is 384. The molecule has 0 spiro atoms. The molecule has 0 aliphatic carbocycles. The van der Waals surface area contributed by atoms with Crippen molar-refractivity contribution < 1.29 is 0 Å². The number of nitrogens with zero attached hydrogens (tertiary/aromatic N) is 2. The van der Waals surface area contributed by atoms with Crippen LogP contribution in [0.4, 0.5) is 0 Å². The van der Waals surface area contributed by atoms with Crippen LogP contribution in [0.2, 0.25) is 0 Å². The van der Waals surface area contributed by atoms with Crippen molar-refractivity contribution in [3.05, 3.63) is 17.8 Å². The second-order valence-electron chi connectivity index (χ2n) is 4.58. The molecule has 1 N–H and O–H groups in total. The van der Waals surface area contributed by atoms with Crippen molar-refractivity contribution >= 4 is 17.3 Å². The SMILES string of the molecule is CCCCSc1cc(C2=CCCN(C)C2)[nH]n1. The number of aromatic amines is 1. The Labute approximate surface area is 108 Å². The van der Waals surface area contributed by atoms with Crippen molar-refractivity contribution in [1.82, 2.24) is 15.1 Å². The van der Waals surface area contributed by atoms with Crippen molar-refractivity contribution in [3.63, 3.8) is 0 Å². The predicted molar refractivity (Wildman–Crippen MR) is 74.3 cm³/mol. The molecule has 1 aliphatic rings. The third kappa shape index (κ3) is 3.61. The minimum absolute atomic E-state index is 1.03. The van der Waals surface area contributed by atoms with E-state index < -0.39 is 0 Å². The van der Waals surface area contributed by atoms with Gasteiger partial charge in [-0.15, -0.1) is 11.8 Å². The molecular weight excluding hydrogens is 230 g/mol. The minimum Gasteiger partial charge on any atom is -0.302 e. The molecule has 0 atom stereocenters. The second-order valence-corrected chi connectivity index (χ2v) is 5.69. The van der Waals surface area contributed by atoms with Gasteiger partial charge in [-0.05, 0) is 37.3 Å². The molecule has 0 radical (unpaired) electrons. The van der Waals surface area contributed by atoms with Gasteiger partial charge in [-0.2, -0.15) is 5.10 Å². The maximum absolute atomic E-state index is 4.37. The second kappa shape index (κ2) is 6.26. The van der Waals surface area contributed by atoms with Gasteiger partial charge in [0, 0.05) is 13.1 Å². The summed E-state index contributed by atoms with van der Waals surface area (Å²) >= 11 is 1.85. The van der Waals surface area contributed by atoms with E-state index in [0.29, 0.717) is 0 Å². The van der Waals surface area contributed by atoms with Crippen molar-refractivity contribution in [2.75, 3.05) is 25.9 Å². The third-order valence-corrected chi connectivity index (χ3v) is 3.99. The van der Waals surface area contributed by atoms with Gasteiger partial charge in [0.15, 0.2) is 0 Å². The average Bonchev–Trinajstić information content (AvgIpc) is 2.78. The number of H-pyrrole nitrogens is 1. The lowest BCUT2D eigenvalue weighted by Crippen LogP contribution is -2.25. The maximum atomic E-state index is 4.37. The summed E-state index contributed by atoms with van der Waals surface area (Å²) in [6.45, 7) is 4.41. The monoisotopic (exact) mass is 251 g/mol. The third-order valence-electron chi connectivity index (χ3n) is 2.99. The lowest BCUT2D eigenvalue weighted by molar-refractivity contribution is 0.372. The predicted octanol–water partition coefficient (Wildman–Crippen LogP) is 3.02. The zero-order valence-corrected chi connectivity index (χ0v) is 11.5. The first-order valence-corrected chi connectivity index (χ1v) is 7.34. The summed E-state index contributed by atoms with van der Waals surface area (Å²) in [6, 6.07) is 2.19.